The third-order valence-electron chi connectivity index (χ3n) is 3.68. The lowest BCUT2D eigenvalue weighted by molar-refractivity contribution is -0.117. The third kappa shape index (κ3) is 4.90. The number of carbonyl (C=O) groups is 1. The minimum Gasteiger partial charge on any atom is -0.350 e. The van der Waals surface area contributed by atoms with Crippen LogP contribution in [-0.2, 0) is 11.2 Å². The van der Waals surface area contributed by atoms with Crippen LogP contribution in [0.5, 0.6) is 0 Å². The molecule has 0 bridgehead atoms. The van der Waals surface area contributed by atoms with Crippen LogP contribution < -0.4 is 5.32 Å². The van der Waals surface area contributed by atoms with Crippen LogP contribution in [0.1, 0.15) is 38.7 Å². The van der Waals surface area contributed by atoms with Crippen LogP contribution in [0.3, 0.4) is 0 Å². The van der Waals surface area contributed by atoms with Gasteiger partial charge in [-0.05, 0) is 51.0 Å². The summed E-state index contributed by atoms with van der Waals surface area (Å²) in [6, 6.07) is 10.6. The van der Waals surface area contributed by atoms with Gasteiger partial charge in [-0.25, -0.2) is 0 Å². The van der Waals surface area contributed by atoms with Gasteiger partial charge in [0.25, 0.3) is 0 Å². The zero-order chi connectivity index (χ0) is 13.7. The molecule has 2 heteroatoms. The van der Waals surface area contributed by atoms with Crippen LogP contribution in [0, 0.1) is 5.92 Å². The predicted octanol–water partition coefficient (Wildman–Crippen LogP) is 3.48. The molecule has 1 aliphatic carbocycles. The number of benzene rings is 1. The molecule has 1 aliphatic rings. The first-order chi connectivity index (χ1) is 9.15. The summed E-state index contributed by atoms with van der Waals surface area (Å²) in [5.74, 6) is 0.732. The molecule has 0 saturated heterocycles. The SMILES string of the molecule is C/C(=C/C(=O)NC(C)CCc1ccccc1)C1CC1. The van der Waals surface area contributed by atoms with E-state index in [0.717, 1.165) is 12.8 Å². The van der Waals surface area contributed by atoms with Gasteiger partial charge < -0.3 is 5.32 Å². The number of nitrogens with one attached hydrogen (secondary N) is 1. The summed E-state index contributed by atoms with van der Waals surface area (Å²) in [4.78, 5) is 11.8. The van der Waals surface area contributed by atoms with Crippen molar-refractivity contribution in [1.29, 1.82) is 0 Å². The lowest BCUT2D eigenvalue weighted by Crippen LogP contribution is -2.31. The largest absolute Gasteiger partial charge is 0.350 e. The van der Waals surface area contributed by atoms with Crippen LogP contribution in [0.15, 0.2) is 42.0 Å². The van der Waals surface area contributed by atoms with E-state index in [4.69, 9.17) is 0 Å². The first-order valence-corrected chi connectivity index (χ1v) is 7.18. The maximum atomic E-state index is 11.8. The second kappa shape index (κ2) is 6.55. The second-order valence-electron chi connectivity index (χ2n) is 5.60. The molecule has 1 aromatic carbocycles. The number of carbonyl (C=O) groups excluding carboxylic acids is 1. The van der Waals surface area contributed by atoms with Gasteiger partial charge in [-0.1, -0.05) is 35.9 Å². The van der Waals surface area contributed by atoms with Crippen molar-refractivity contribution in [2.75, 3.05) is 0 Å². The number of hydrogen-bond acceptors (Lipinski definition) is 1. The Labute approximate surface area is 115 Å². The van der Waals surface area contributed by atoms with E-state index >= 15 is 0 Å². The van der Waals surface area contributed by atoms with E-state index in [2.05, 4.69) is 43.4 Å². The molecular formula is C17H23NO. The minimum absolute atomic E-state index is 0.0601. The van der Waals surface area contributed by atoms with Crippen molar-refractivity contribution < 1.29 is 4.79 Å². The fourth-order valence-corrected chi connectivity index (χ4v) is 2.25. The topological polar surface area (TPSA) is 29.1 Å². The Morgan fingerprint density at radius 1 is 1.37 bits per heavy atom. The zero-order valence-electron chi connectivity index (χ0n) is 11.9. The van der Waals surface area contributed by atoms with Gasteiger partial charge >= 0.3 is 0 Å². The molecule has 1 aromatic rings. The van der Waals surface area contributed by atoms with Crippen molar-refractivity contribution >= 4 is 5.91 Å². The number of rotatable bonds is 6. The smallest absolute Gasteiger partial charge is 0.244 e. The van der Waals surface area contributed by atoms with Gasteiger partial charge in [0.05, 0.1) is 0 Å². The summed E-state index contributed by atoms with van der Waals surface area (Å²) in [5, 5.41) is 3.05. The van der Waals surface area contributed by atoms with Crippen molar-refractivity contribution in [3.63, 3.8) is 0 Å². The molecule has 102 valence electrons. The van der Waals surface area contributed by atoms with E-state index in [0.29, 0.717) is 5.92 Å². The number of amides is 1. The third-order valence-corrected chi connectivity index (χ3v) is 3.68. The molecule has 1 amide bonds. The van der Waals surface area contributed by atoms with E-state index in [9.17, 15) is 4.79 Å². The Bertz CT molecular complexity index is 446. The highest BCUT2D eigenvalue weighted by Crippen LogP contribution is 2.35. The number of allylic oxidation sites excluding steroid dienone is 1. The van der Waals surface area contributed by atoms with Gasteiger partial charge in [0, 0.05) is 12.1 Å². The Hall–Kier alpha value is -1.57. The first-order valence-electron chi connectivity index (χ1n) is 7.18. The highest BCUT2D eigenvalue weighted by Gasteiger charge is 2.23. The van der Waals surface area contributed by atoms with Gasteiger partial charge in [0.15, 0.2) is 0 Å². The molecule has 1 atom stereocenters. The Morgan fingerprint density at radius 3 is 2.68 bits per heavy atom. The van der Waals surface area contributed by atoms with Crippen LogP contribution in [0.4, 0.5) is 0 Å². The Kier molecular flexibility index (Phi) is 4.78. The molecule has 0 spiro atoms. The molecule has 19 heavy (non-hydrogen) atoms. The monoisotopic (exact) mass is 257 g/mol. The summed E-state index contributed by atoms with van der Waals surface area (Å²) in [5.41, 5.74) is 2.56. The second-order valence-corrected chi connectivity index (χ2v) is 5.60. The van der Waals surface area contributed by atoms with E-state index in [-0.39, 0.29) is 11.9 Å². The van der Waals surface area contributed by atoms with Crippen LogP contribution in [-0.4, -0.2) is 11.9 Å². The van der Waals surface area contributed by atoms with E-state index in [1.165, 1.54) is 24.0 Å². The van der Waals surface area contributed by atoms with Gasteiger partial charge in [0.1, 0.15) is 0 Å². The predicted molar refractivity (Wildman–Crippen MR) is 78.8 cm³/mol. The van der Waals surface area contributed by atoms with Crippen molar-refractivity contribution in [2.45, 2.75) is 45.6 Å². The summed E-state index contributed by atoms with van der Waals surface area (Å²) in [7, 11) is 0. The number of hydrogen-bond donors (Lipinski definition) is 1. The van der Waals surface area contributed by atoms with Crippen molar-refractivity contribution in [1.82, 2.24) is 5.32 Å². The zero-order valence-corrected chi connectivity index (χ0v) is 11.9. The van der Waals surface area contributed by atoms with Gasteiger partial charge in [-0.2, -0.15) is 0 Å². The van der Waals surface area contributed by atoms with Crippen LogP contribution in [0.25, 0.3) is 0 Å². The molecule has 2 nitrogen and oxygen atoms in total. The molecule has 1 fully saturated rings. The quantitative estimate of drug-likeness (QED) is 0.777. The Balaban J connectivity index is 1.73. The van der Waals surface area contributed by atoms with Crippen LogP contribution in [0.2, 0.25) is 0 Å². The molecule has 1 saturated carbocycles. The molecule has 0 radical (unpaired) electrons. The average Bonchev–Trinajstić information content (AvgIpc) is 3.21. The van der Waals surface area contributed by atoms with E-state index in [1.54, 1.807) is 6.08 Å². The van der Waals surface area contributed by atoms with Gasteiger partial charge in [0.2, 0.25) is 5.91 Å². The highest BCUT2D eigenvalue weighted by molar-refractivity contribution is 5.88. The summed E-state index contributed by atoms with van der Waals surface area (Å²) in [6.07, 6.45) is 6.26. The highest BCUT2D eigenvalue weighted by atomic mass is 16.1. The van der Waals surface area contributed by atoms with Gasteiger partial charge in [-0.15, -0.1) is 0 Å². The average molecular weight is 257 g/mol. The summed E-state index contributed by atoms with van der Waals surface area (Å²) < 4.78 is 0. The van der Waals surface area contributed by atoms with Crippen molar-refractivity contribution in [2.24, 2.45) is 5.92 Å². The molecule has 0 aliphatic heterocycles. The van der Waals surface area contributed by atoms with Gasteiger partial charge in [-0.3, -0.25) is 4.79 Å². The summed E-state index contributed by atoms with van der Waals surface area (Å²) >= 11 is 0. The molecular weight excluding hydrogens is 234 g/mol. The standard InChI is InChI=1S/C17H23NO/c1-13(16-10-11-16)12-17(19)18-14(2)8-9-15-6-4-3-5-7-15/h3-7,12,14,16H,8-11H2,1-2H3,(H,18,19)/b13-12-. The normalized spacial score (nSPS) is 17.1. The maximum Gasteiger partial charge on any atom is 0.244 e. The molecule has 1 unspecified atom stereocenters. The fraction of sp³-hybridized carbons (Fsp3) is 0.471. The molecule has 1 N–H and O–H groups in total. The van der Waals surface area contributed by atoms with Crippen LogP contribution >= 0.6 is 0 Å². The first kappa shape index (κ1) is 13.9. The minimum atomic E-state index is 0.0601. The van der Waals surface area contributed by atoms with Crippen molar-refractivity contribution in [3.05, 3.63) is 47.5 Å². The van der Waals surface area contributed by atoms with Crippen molar-refractivity contribution in [3.8, 4) is 0 Å². The lowest BCUT2D eigenvalue weighted by atomic mass is 10.1. The molecule has 2 rings (SSSR count). The lowest BCUT2D eigenvalue weighted by Gasteiger charge is -2.12. The molecule has 0 aromatic heterocycles. The van der Waals surface area contributed by atoms with E-state index < -0.39 is 0 Å². The maximum absolute atomic E-state index is 11.8. The fourth-order valence-electron chi connectivity index (χ4n) is 2.25. The summed E-state index contributed by atoms with van der Waals surface area (Å²) in [6.45, 7) is 4.13. The Morgan fingerprint density at radius 2 is 2.05 bits per heavy atom. The molecule has 0 heterocycles. The van der Waals surface area contributed by atoms with E-state index in [1.807, 2.05) is 6.07 Å². The number of aryl methyl sites for hydroxylation is 1.